The first-order chi connectivity index (χ1) is 69.0. The third-order valence-electron chi connectivity index (χ3n) is 21.1. The van der Waals surface area contributed by atoms with Gasteiger partial charge in [-0.15, -0.1) is 0 Å². The SMILES string of the molecule is CC(=O)O[C@@H](C(=O)Nc1ccc(-c2noc(=O)[nH]2)c(F)c1F)[C@H]1OCCN(c2cccc(N3CCOCC3=O)c2)C1=O.CC(=O)O[C@@H](C(=O)O)[C@H]1OCCN(c2cccc(N3CCOCC3=O)c2)C1=O.N#Cc1ccc(N)c(F)c1F.N/C(=N\O)c1ccc(N)c(F)c1F.N=C(N)c1ccc(NC(=O)[C@H](O)[C@H]2OCCN(c3cccc(N4CCOCC4=O)c3)C2=O)c(F)c1F.Nc1ccc(-c2noc(=O)[nH]2)c(F)c1F. The van der Waals surface area contributed by atoms with Crippen molar-refractivity contribution in [1.29, 1.82) is 10.7 Å². The number of nitrogens with two attached hydrogens (primary N) is 5. The lowest BCUT2D eigenvalue weighted by Gasteiger charge is -2.35. The second-order valence-electron chi connectivity index (χ2n) is 30.5. The molecule has 8 heterocycles. The Bertz CT molecular complexity index is 6830. The van der Waals surface area contributed by atoms with Gasteiger partial charge in [0.2, 0.25) is 12.2 Å². The Morgan fingerprint density at radius 3 is 1.21 bits per heavy atom. The highest BCUT2D eigenvalue weighted by Crippen LogP contribution is 2.35. The van der Waals surface area contributed by atoms with Gasteiger partial charge in [-0.2, -0.15) is 5.26 Å². The van der Waals surface area contributed by atoms with Gasteiger partial charge < -0.3 is 122 Å². The number of nitrogens with zero attached hydrogens (tertiary/aromatic N) is 10. The van der Waals surface area contributed by atoms with Crippen LogP contribution in [0.15, 0.2) is 157 Å². The largest absolute Gasteiger partial charge is 0.478 e. The van der Waals surface area contributed by atoms with Crippen LogP contribution in [0.25, 0.3) is 22.8 Å². The molecule has 0 bridgehead atoms. The van der Waals surface area contributed by atoms with Crippen LogP contribution in [0.3, 0.4) is 0 Å². The fraction of sp³-hybridized carbons (Fsp3) is 0.258. The monoisotopic (exact) mass is 2040 g/mol. The first kappa shape index (κ1) is 108. The van der Waals surface area contributed by atoms with Crippen molar-refractivity contribution in [2.75, 3.05) is 156 Å². The summed E-state index contributed by atoms with van der Waals surface area (Å²) < 4.78 is 185. The molecular formula is C89H82F10N20O26. The minimum absolute atomic E-state index is 0.00847. The molecule has 18 N–H and O–H groups in total. The average molecular weight is 2040 g/mol. The number of nitrogen functional groups attached to an aromatic ring is 4. The van der Waals surface area contributed by atoms with Crippen molar-refractivity contribution < 1.29 is 159 Å². The number of aromatic amines is 2. The number of nitrogens with one attached hydrogen (secondary N) is 5. The van der Waals surface area contributed by atoms with E-state index in [2.05, 4.69) is 39.8 Å². The van der Waals surface area contributed by atoms with Crippen LogP contribution in [0.5, 0.6) is 0 Å². The van der Waals surface area contributed by atoms with E-state index < -0.39 is 188 Å². The van der Waals surface area contributed by atoms with Gasteiger partial charge in [0.25, 0.3) is 47.3 Å². The molecule has 10 aromatic rings. The number of nitriles is 1. The number of H-pyrrole nitrogens is 2. The van der Waals surface area contributed by atoms with Gasteiger partial charge in [-0.1, -0.05) is 33.7 Å². The number of benzene rings is 8. The Morgan fingerprint density at radius 1 is 0.462 bits per heavy atom. The van der Waals surface area contributed by atoms with Crippen LogP contribution in [0, 0.1) is 74.9 Å². The number of anilines is 11. The summed E-state index contributed by atoms with van der Waals surface area (Å²) in [7, 11) is 0. The van der Waals surface area contributed by atoms with Crippen molar-refractivity contribution >= 4 is 139 Å². The summed E-state index contributed by atoms with van der Waals surface area (Å²) >= 11 is 0. The summed E-state index contributed by atoms with van der Waals surface area (Å²) in [6.45, 7) is 4.53. The molecule has 6 aliphatic rings. The molecule has 2 aromatic heterocycles. The van der Waals surface area contributed by atoms with E-state index in [-0.39, 0.29) is 122 Å². The zero-order chi connectivity index (χ0) is 106. The second kappa shape index (κ2) is 48.6. The Hall–Kier alpha value is -17.5. The fourth-order valence-electron chi connectivity index (χ4n) is 14.1. The van der Waals surface area contributed by atoms with Crippen LogP contribution < -0.4 is 80.2 Å². The van der Waals surface area contributed by atoms with Crippen LogP contribution in [0.1, 0.15) is 30.5 Å². The van der Waals surface area contributed by atoms with E-state index in [1.165, 1.54) is 42.7 Å². The maximum absolute atomic E-state index is 14.9. The first-order valence-corrected chi connectivity index (χ1v) is 42.2. The predicted octanol–water partition coefficient (Wildman–Crippen LogP) is 4.07. The number of hydrogen-bond donors (Lipinski definition) is 13. The van der Waals surface area contributed by atoms with E-state index in [0.717, 1.165) is 62.4 Å². The molecule has 764 valence electrons. The van der Waals surface area contributed by atoms with Crippen LogP contribution in [-0.2, 0) is 90.6 Å². The summed E-state index contributed by atoms with van der Waals surface area (Å²) in [6, 6.07) is 32.4. The molecule has 8 amide bonds. The molecule has 0 radical (unpaired) electrons. The van der Waals surface area contributed by atoms with Gasteiger partial charge in [0.1, 0.15) is 31.7 Å². The standard InChI is InChI=1S/C26H23F2N5O9.C23H23F2N5O6.C18H20N2O8.C8H5F2N3O2.C7H7F2N3O.C7H4F2N2/c1-13(34)41-21(24(36)29-17-6-5-16(19(27)20(17)28)23-30-26(38)42-31-23)22-25(37)33(8-10-40-22)15-4-2-3-14(11-15)32-7-9-39-12-18(32)35;24-17-14(21(26)27)4-5-15(18(17)25)28-22(33)19(32)20-23(34)30(7-9-36-20)13-3-1-2-12(10-13)29-6-8-35-11-16(29)31;1-11(21)28-16(18(24)25)15-17(23)20(6-8-27-15)13-4-2-3-12(9-13)19-5-7-26-10-14(19)22;9-5-3(1-2-4(11)6(5)10)7-12-8(14)15-13-7;8-5-3(7(11)12-13)1-2-4(10)6(5)9;8-6-4(3-10)1-2-5(11)7(6)9/h2-6,11,21-22H,7-10,12H2,1H3,(H,29,36)(H,30,31,38);1-5,10,19-20,32H,6-9,11H2,(H3,26,27)(H,28,33);2-4,9,15-16H,5-8,10H2,1H3,(H,24,25);1-2H,11H2,(H,12,13,14);1-2,13H,10H2,(H2,11,12);1-2H,11H2/t21-,22-;19-,20-;15-,16-;;;/m111.../s1. The van der Waals surface area contributed by atoms with E-state index in [1.807, 2.05) is 5.32 Å². The molecule has 46 nitrogen and oxygen atoms in total. The summed E-state index contributed by atoms with van der Waals surface area (Å²) in [5, 5.41) is 56.7. The number of carboxylic acid groups (broad SMARTS) is 1. The highest BCUT2D eigenvalue weighted by Gasteiger charge is 2.46. The van der Waals surface area contributed by atoms with Crippen molar-refractivity contribution in [1.82, 2.24) is 20.3 Å². The number of carbonyl (C=O) groups excluding carboxylic acids is 10. The van der Waals surface area contributed by atoms with Crippen molar-refractivity contribution in [3.63, 3.8) is 0 Å². The van der Waals surface area contributed by atoms with Gasteiger partial charge in [0, 0.05) is 87.2 Å². The molecular weight excluding hydrogens is 1960 g/mol. The number of carboxylic acids is 1. The molecule has 6 aliphatic heterocycles. The van der Waals surface area contributed by atoms with Crippen LogP contribution in [-0.4, -0.2) is 248 Å². The molecule has 0 spiro atoms. The maximum atomic E-state index is 14.9. The fourth-order valence-corrected chi connectivity index (χ4v) is 14.1. The van der Waals surface area contributed by atoms with E-state index in [4.69, 9.17) is 82.4 Å². The highest BCUT2D eigenvalue weighted by molar-refractivity contribution is 6.08. The number of oxime groups is 1. The molecule has 6 saturated heterocycles. The lowest BCUT2D eigenvalue weighted by Crippen LogP contribution is -2.56. The third-order valence-corrected chi connectivity index (χ3v) is 21.1. The predicted molar refractivity (Wildman–Crippen MR) is 483 cm³/mol. The molecule has 0 unspecified atom stereocenters. The molecule has 16 rings (SSSR count). The number of aromatic nitrogens is 4. The first-order valence-electron chi connectivity index (χ1n) is 42.2. The Morgan fingerprint density at radius 2 is 0.807 bits per heavy atom. The zero-order valence-corrected chi connectivity index (χ0v) is 75.1. The lowest BCUT2D eigenvalue weighted by atomic mass is 10.1. The summed E-state index contributed by atoms with van der Waals surface area (Å²) in [5.41, 5.74) is 24.5. The van der Waals surface area contributed by atoms with Crippen LogP contribution in [0.2, 0.25) is 0 Å². The normalized spacial score (nSPS) is 17.0. The summed E-state index contributed by atoms with van der Waals surface area (Å²) in [6.07, 6.45) is -10.4. The smallest absolute Gasteiger partial charge is 0.439 e. The van der Waals surface area contributed by atoms with E-state index in [0.29, 0.717) is 73.6 Å². The minimum Gasteiger partial charge on any atom is -0.478 e. The molecule has 6 atom stereocenters. The topological polar surface area (TPSA) is 674 Å². The quantitative estimate of drug-likeness (QED) is 0.00973. The Balaban J connectivity index is 0.000000176. The number of halogens is 10. The number of aliphatic hydroxyl groups is 1. The molecule has 56 heteroatoms. The number of amidine groups is 2. The van der Waals surface area contributed by atoms with Crippen molar-refractivity contribution in [3.05, 3.63) is 229 Å². The molecule has 0 aliphatic carbocycles. The van der Waals surface area contributed by atoms with Gasteiger partial charge in [0.15, 0.2) is 100 Å². The number of esters is 2. The molecule has 6 fully saturated rings. The van der Waals surface area contributed by atoms with Crippen molar-refractivity contribution in [2.45, 2.75) is 50.5 Å². The average Bonchev–Trinajstić information content (AvgIpc) is 1.78. The second-order valence-corrected chi connectivity index (χ2v) is 30.5. The number of aliphatic hydroxyl groups excluding tert-OH is 1. The molecule has 145 heavy (non-hydrogen) atoms. The van der Waals surface area contributed by atoms with E-state index in [9.17, 15) is 116 Å². The van der Waals surface area contributed by atoms with Gasteiger partial charge in [-0.25, -0.2) is 58.3 Å². The highest BCUT2D eigenvalue weighted by atomic mass is 19.2. The number of ether oxygens (including phenoxy) is 8. The molecule has 8 aromatic carbocycles. The van der Waals surface area contributed by atoms with Gasteiger partial charge in [-0.3, -0.25) is 72.4 Å². The van der Waals surface area contributed by atoms with Gasteiger partial charge >= 0.3 is 29.4 Å². The number of hydrogen-bond acceptors (Lipinski definition) is 33. The Labute approximate surface area is 807 Å². The van der Waals surface area contributed by atoms with Crippen molar-refractivity contribution in [2.24, 2.45) is 16.6 Å². The number of amides is 8. The minimum atomic E-state index is -2.04. The number of aliphatic carboxylic acids is 1. The number of morpholine rings is 6. The van der Waals surface area contributed by atoms with Gasteiger partial charge in [-0.05, 0) is 115 Å². The zero-order valence-electron chi connectivity index (χ0n) is 75.1. The summed E-state index contributed by atoms with van der Waals surface area (Å²) in [5.74, 6) is -25.0. The van der Waals surface area contributed by atoms with E-state index >= 15 is 0 Å². The third kappa shape index (κ3) is 26.0. The number of rotatable bonds is 20. The van der Waals surface area contributed by atoms with Crippen LogP contribution >= 0.6 is 0 Å². The lowest BCUT2D eigenvalue weighted by molar-refractivity contribution is -0.177. The van der Waals surface area contributed by atoms with Crippen molar-refractivity contribution in [3.8, 4) is 28.8 Å². The van der Waals surface area contributed by atoms with E-state index in [1.54, 1.807) is 77.7 Å². The van der Waals surface area contributed by atoms with Crippen LogP contribution in [0.4, 0.5) is 106 Å². The molecule has 0 saturated carbocycles. The summed E-state index contributed by atoms with van der Waals surface area (Å²) in [4.78, 5) is 171. The van der Waals surface area contributed by atoms with Gasteiger partial charge in [0.05, 0.1) is 95.9 Å². The Kier molecular flexibility index (Phi) is 36.1. The maximum Gasteiger partial charge on any atom is 0.439 e. The number of carbonyl (C=O) groups is 11.